The van der Waals surface area contributed by atoms with Crippen molar-refractivity contribution in [3.63, 3.8) is 0 Å². The highest BCUT2D eigenvalue weighted by atomic mass is 19.1. The largest absolute Gasteiger partial charge is 0.491 e. The Morgan fingerprint density at radius 3 is 2.43 bits per heavy atom. The van der Waals surface area contributed by atoms with Crippen LogP contribution in [0.15, 0.2) is 48.5 Å². The fourth-order valence-electron chi connectivity index (χ4n) is 1.93. The zero-order valence-corrected chi connectivity index (χ0v) is 13.1. The number of halogens is 1. The van der Waals surface area contributed by atoms with Crippen molar-refractivity contribution >= 4 is 11.6 Å². The molecule has 0 aromatic heterocycles. The predicted molar refractivity (Wildman–Crippen MR) is 86.8 cm³/mol. The van der Waals surface area contributed by atoms with Gasteiger partial charge in [0.25, 0.3) is 0 Å². The third-order valence-corrected chi connectivity index (χ3v) is 3.32. The monoisotopic (exact) mass is 317 g/mol. The quantitative estimate of drug-likeness (QED) is 0.857. The molecule has 23 heavy (non-hydrogen) atoms. The molecule has 4 nitrogen and oxygen atoms in total. The summed E-state index contributed by atoms with van der Waals surface area (Å²) in [6, 6.07) is 12.8. The van der Waals surface area contributed by atoms with E-state index in [4.69, 9.17) is 4.74 Å². The van der Waals surface area contributed by atoms with Crippen molar-refractivity contribution < 1.29 is 19.0 Å². The molecule has 2 aromatic rings. The fraction of sp³-hybridized carbons (Fsp3) is 0.278. The van der Waals surface area contributed by atoms with Crippen LogP contribution in [0.3, 0.4) is 0 Å². The number of aliphatic hydroxyl groups is 1. The Balaban J connectivity index is 1.91. The molecule has 0 heterocycles. The molecule has 1 amide bonds. The first-order valence-corrected chi connectivity index (χ1v) is 7.43. The number of hydrogen-bond acceptors (Lipinski definition) is 3. The third-order valence-electron chi connectivity index (χ3n) is 3.32. The molecule has 0 aliphatic rings. The number of carbonyl (C=O) groups excluding carboxylic acids is 1. The van der Waals surface area contributed by atoms with E-state index in [1.54, 1.807) is 36.4 Å². The lowest BCUT2D eigenvalue weighted by molar-refractivity contribution is -0.118. The number of hydrogen-bond donors (Lipinski definition) is 2. The summed E-state index contributed by atoms with van der Waals surface area (Å²) in [6.07, 6.45) is -1.04. The van der Waals surface area contributed by atoms with Gasteiger partial charge in [0.1, 0.15) is 24.3 Å². The van der Waals surface area contributed by atoms with E-state index < -0.39 is 11.9 Å². The van der Waals surface area contributed by atoms with Crippen LogP contribution in [0, 0.1) is 11.7 Å². The van der Waals surface area contributed by atoms with E-state index in [0.717, 1.165) is 0 Å². The third kappa shape index (κ3) is 4.79. The van der Waals surface area contributed by atoms with Crippen LogP contribution in [-0.2, 0) is 4.79 Å². The van der Waals surface area contributed by atoms with Gasteiger partial charge < -0.3 is 15.2 Å². The molecule has 0 radical (unpaired) electrons. The molecule has 0 aliphatic heterocycles. The van der Waals surface area contributed by atoms with E-state index in [1.165, 1.54) is 12.1 Å². The summed E-state index contributed by atoms with van der Waals surface area (Å²) >= 11 is 0. The maximum Gasteiger partial charge on any atom is 0.226 e. The maximum absolute atomic E-state index is 13.5. The van der Waals surface area contributed by atoms with Crippen molar-refractivity contribution in [2.75, 3.05) is 11.9 Å². The van der Waals surface area contributed by atoms with Crippen molar-refractivity contribution in [1.82, 2.24) is 0 Å². The molecule has 1 unspecified atom stereocenters. The average Bonchev–Trinajstić information content (AvgIpc) is 2.54. The number of ether oxygens (including phenoxy) is 1. The zero-order chi connectivity index (χ0) is 16.8. The van der Waals surface area contributed by atoms with Crippen LogP contribution in [0.1, 0.15) is 25.5 Å². The summed E-state index contributed by atoms with van der Waals surface area (Å²) in [5.74, 6) is -0.0891. The zero-order valence-electron chi connectivity index (χ0n) is 13.1. The minimum Gasteiger partial charge on any atom is -0.491 e. The van der Waals surface area contributed by atoms with Gasteiger partial charge in [-0.2, -0.15) is 0 Å². The number of benzene rings is 2. The molecule has 0 saturated heterocycles. The molecule has 0 spiro atoms. The van der Waals surface area contributed by atoms with Gasteiger partial charge in [-0.15, -0.1) is 0 Å². The van der Waals surface area contributed by atoms with Crippen molar-refractivity contribution in [3.8, 4) is 5.75 Å². The molecule has 2 rings (SSSR count). The Labute approximate surface area is 134 Å². The van der Waals surface area contributed by atoms with Crippen LogP contribution >= 0.6 is 0 Å². The highest BCUT2D eigenvalue weighted by Gasteiger charge is 2.13. The van der Waals surface area contributed by atoms with Crippen LogP contribution in [0.5, 0.6) is 5.75 Å². The van der Waals surface area contributed by atoms with E-state index in [2.05, 4.69) is 5.32 Å². The van der Waals surface area contributed by atoms with Gasteiger partial charge in [-0.05, 0) is 30.3 Å². The van der Waals surface area contributed by atoms with Gasteiger partial charge in [-0.1, -0.05) is 32.0 Å². The van der Waals surface area contributed by atoms with Crippen LogP contribution in [-0.4, -0.2) is 17.6 Å². The molecule has 2 N–H and O–H groups in total. The van der Waals surface area contributed by atoms with Gasteiger partial charge in [-0.25, -0.2) is 4.39 Å². The lowest BCUT2D eigenvalue weighted by atomic mass is 10.1. The van der Waals surface area contributed by atoms with E-state index in [1.807, 2.05) is 13.8 Å². The Morgan fingerprint density at radius 1 is 1.17 bits per heavy atom. The molecule has 5 heteroatoms. The second kappa shape index (κ2) is 7.74. The Bertz CT molecular complexity index is 656. The standard InChI is InChI=1S/C18H20FNO3/c1-12(2)18(22)20-13-7-9-14(10-8-13)23-11-17(21)15-5-3-4-6-16(15)19/h3-10,12,17,21H,11H2,1-2H3,(H,20,22). The Kier molecular flexibility index (Phi) is 5.71. The van der Waals surface area contributed by atoms with Gasteiger partial charge in [0.15, 0.2) is 0 Å². The topological polar surface area (TPSA) is 58.6 Å². The number of rotatable bonds is 6. The first kappa shape index (κ1) is 17.0. The fourth-order valence-corrected chi connectivity index (χ4v) is 1.93. The summed E-state index contributed by atoms with van der Waals surface area (Å²) in [7, 11) is 0. The van der Waals surface area contributed by atoms with Crippen LogP contribution in [0.4, 0.5) is 10.1 Å². The average molecular weight is 317 g/mol. The van der Waals surface area contributed by atoms with Crippen LogP contribution in [0.25, 0.3) is 0 Å². The van der Waals surface area contributed by atoms with Crippen LogP contribution in [0.2, 0.25) is 0 Å². The Hall–Kier alpha value is -2.40. The molecule has 1 atom stereocenters. The molecule has 0 bridgehead atoms. The van der Waals surface area contributed by atoms with Gasteiger partial charge in [0.2, 0.25) is 5.91 Å². The molecule has 0 aliphatic carbocycles. The highest BCUT2D eigenvalue weighted by molar-refractivity contribution is 5.92. The molecule has 2 aromatic carbocycles. The van der Waals surface area contributed by atoms with Crippen molar-refractivity contribution in [2.45, 2.75) is 20.0 Å². The van der Waals surface area contributed by atoms with E-state index in [-0.39, 0.29) is 24.0 Å². The van der Waals surface area contributed by atoms with Crippen molar-refractivity contribution in [2.24, 2.45) is 5.92 Å². The van der Waals surface area contributed by atoms with Gasteiger partial charge >= 0.3 is 0 Å². The first-order chi connectivity index (χ1) is 11.0. The Morgan fingerprint density at radius 2 is 1.83 bits per heavy atom. The number of anilines is 1. The normalized spacial score (nSPS) is 12.0. The molecule has 122 valence electrons. The lowest BCUT2D eigenvalue weighted by Crippen LogP contribution is -2.17. The second-order valence-electron chi connectivity index (χ2n) is 5.52. The summed E-state index contributed by atoms with van der Waals surface area (Å²) in [6.45, 7) is 3.58. The summed E-state index contributed by atoms with van der Waals surface area (Å²) in [4.78, 5) is 11.6. The van der Waals surface area contributed by atoms with Crippen molar-refractivity contribution in [1.29, 1.82) is 0 Å². The highest BCUT2D eigenvalue weighted by Crippen LogP contribution is 2.20. The minimum absolute atomic E-state index is 0.0569. The first-order valence-electron chi connectivity index (χ1n) is 7.43. The molecule has 0 fully saturated rings. The maximum atomic E-state index is 13.5. The lowest BCUT2D eigenvalue weighted by Gasteiger charge is -2.14. The van der Waals surface area contributed by atoms with E-state index >= 15 is 0 Å². The summed E-state index contributed by atoms with van der Waals surface area (Å²) in [5.41, 5.74) is 0.874. The molecular formula is C18H20FNO3. The SMILES string of the molecule is CC(C)C(=O)Nc1ccc(OCC(O)c2ccccc2F)cc1. The predicted octanol–water partition coefficient (Wildman–Crippen LogP) is 3.53. The second-order valence-corrected chi connectivity index (χ2v) is 5.52. The number of amides is 1. The minimum atomic E-state index is -1.04. The molecular weight excluding hydrogens is 297 g/mol. The summed E-state index contributed by atoms with van der Waals surface area (Å²) in [5, 5.41) is 12.7. The van der Waals surface area contributed by atoms with E-state index in [0.29, 0.717) is 11.4 Å². The van der Waals surface area contributed by atoms with Gasteiger partial charge in [0.05, 0.1) is 0 Å². The van der Waals surface area contributed by atoms with Crippen molar-refractivity contribution in [3.05, 3.63) is 59.9 Å². The number of aliphatic hydroxyl groups excluding tert-OH is 1. The van der Waals surface area contributed by atoms with Gasteiger partial charge in [0, 0.05) is 17.2 Å². The summed E-state index contributed by atoms with van der Waals surface area (Å²) < 4.78 is 19.0. The number of nitrogens with one attached hydrogen (secondary N) is 1. The van der Waals surface area contributed by atoms with E-state index in [9.17, 15) is 14.3 Å². The molecule has 0 saturated carbocycles. The van der Waals surface area contributed by atoms with Crippen LogP contribution < -0.4 is 10.1 Å². The number of carbonyl (C=O) groups is 1. The smallest absolute Gasteiger partial charge is 0.226 e. The van der Waals surface area contributed by atoms with Gasteiger partial charge in [-0.3, -0.25) is 4.79 Å².